The summed E-state index contributed by atoms with van der Waals surface area (Å²) in [6.45, 7) is 0.574. The average Bonchev–Trinajstić information content (AvgIpc) is 2.76. The van der Waals surface area contributed by atoms with Crippen LogP contribution in [0.4, 0.5) is 0 Å². The molecule has 0 fully saturated rings. The van der Waals surface area contributed by atoms with Crippen LogP contribution in [0.5, 0.6) is 5.75 Å². The van der Waals surface area contributed by atoms with Crippen LogP contribution in [0.25, 0.3) is 11.1 Å². The Morgan fingerprint density at radius 1 is 1.20 bits per heavy atom. The Morgan fingerprint density at radius 3 is 2.73 bits per heavy atom. The van der Waals surface area contributed by atoms with E-state index in [1.807, 2.05) is 18.2 Å². The second-order valence-electron chi connectivity index (χ2n) is 3.16. The van der Waals surface area contributed by atoms with Gasteiger partial charge in [-0.25, -0.2) is 0 Å². The van der Waals surface area contributed by atoms with Crippen molar-refractivity contribution < 1.29 is 4.74 Å². The number of rotatable bonds is 3. The van der Waals surface area contributed by atoms with Gasteiger partial charge in [-0.05, 0) is 17.5 Å². The van der Waals surface area contributed by atoms with E-state index >= 15 is 0 Å². The third kappa shape index (κ3) is 1.89. The molecule has 0 aliphatic carbocycles. The molecule has 1 aromatic carbocycles. The van der Waals surface area contributed by atoms with Gasteiger partial charge >= 0.3 is 0 Å². The van der Waals surface area contributed by atoms with Crippen LogP contribution in [-0.4, -0.2) is 7.11 Å². The molecule has 0 atom stereocenters. The van der Waals surface area contributed by atoms with Crippen LogP contribution in [0.15, 0.2) is 35.7 Å². The molecule has 0 aliphatic heterocycles. The van der Waals surface area contributed by atoms with Crippen molar-refractivity contribution >= 4 is 11.3 Å². The highest BCUT2D eigenvalue weighted by Gasteiger charge is 2.09. The molecular formula is C12H13NOS. The first-order valence-electron chi connectivity index (χ1n) is 4.76. The molecular weight excluding hydrogens is 206 g/mol. The smallest absolute Gasteiger partial charge is 0.126 e. The number of hydrogen-bond donors (Lipinski definition) is 1. The molecule has 2 nitrogen and oxygen atoms in total. The molecule has 2 aromatic rings. The Labute approximate surface area is 93.3 Å². The molecule has 0 unspecified atom stereocenters. The van der Waals surface area contributed by atoms with E-state index in [1.165, 1.54) is 10.4 Å². The molecule has 3 heteroatoms. The first kappa shape index (κ1) is 10.2. The highest BCUT2D eigenvalue weighted by Crippen LogP contribution is 2.34. The Bertz CT molecular complexity index is 450. The fourth-order valence-electron chi connectivity index (χ4n) is 1.61. The summed E-state index contributed by atoms with van der Waals surface area (Å²) in [6, 6.07) is 10.1. The summed E-state index contributed by atoms with van der Waals surface area (Å²) < 4.78 is 5.33. The Kier molecular flexibility index (Phi) is 3.04. The standard InChI is InChI=1S/C12H13NOS/c1-14-11-5-3-2-4-9(11)10-6-7-15-12(10)8-13/h2-7H,8,13H2,1H3. The average molecular weight is 219 g/mol. The molecule has 0 saturated carbocycles. The normalized spacial score (nSPS) is 10.3. The molecule has 0 amide bonds. The van der Waals surface area contributed by atoms with Gasteiger partial charge < -0.3 is 10.5 Å². The maximum atomic E-state index is 5.69. The number of nitrogens with two attached hydrogens (primary N) is 1. The number of thiophene rings is 1. The van der Waals surface area contributed by atoms with E-state index in [0.717, 1.165) is 11.3 Å². The maximum absolute atomic E-state index is 5.69. The summed E-state index contributed by atoms with van der Waals surface area (Å²) in [4.78, 5) is 1.19. The summed E-state index contributed by atoms with van der Waals surface area (Å²) in [6.07, 6.45) is 0. The highest BCUT2D eigenvalue weighted by molar-refractivity contribution is 7.10. The molecule has 15 heavy (non-hydrogen) atoms. The number of methoxy groups -OCH3 is 1. The highest BCUT2D eigenvalue weighted by atomic mass is 32.1. The second kappa shape index (κ2) is 4.47. The van der Waals surface area contributed by atoms with Gasteiger partial charge in [0.1, 0.15) is 5.75 Å². The summed E-state index contributed by atoms with van der Waals surface area (Å²) in [5.74, 6) is 0.894. The van der Waals surface area contributed by atoms with E-state index in [4.69, 9.17) is 10.5 Å². The fraction of sp³-hybridized carbons (Fsp3) is 0.167. The molecule has 0 radical (unpaired) electrons. The summed E-state index contributed by atoms with van der Waals surface area (Å²) in [5.41, 5.74) is 7.99. The summed E-state index contributed by atoms with van der Waals surface area (Å²) >= 11 is 1.68. The number of hydrogen-bond acceptors (Lipinski definition) is 3. The Morgan fingerprint density at radius 2 is 2.00 bits per heavy atom. The van der Waals surface area contributed by atoms with Gasteiger partial charge in [-0.1, -0.05) is 18.2 Å². The number of para-hydroxylation sites is 1. The largest absolute Gasteiger partial charge is 0.496 e. The Hall–Kier alpha value is -1.32. The third-order valence-electron chi connectivity index (χ3n) is 2.33. The third-order valence-corrected chi connectivity index (χ3v) is 3.27. The molecule has 0 spiro atoms. The number of benzene rings is 1. The summed E-state index contributed by atoms with van der Waals surface area (Å²) in [5, 5.41) is 2.06. The molecule has 2 rings (SSSR count). The van der Waals surface area contributed by atoms with E-state index in [9.17, 15) is 0 Å². The molecule has 2 N–H and O–H groups in total. The van der Waals surface area contributed by atoms with Gasteiger partial charge in [-0.3, -0.25) is 0 Å². The minimum absolute atomic E-state index is 0.574. The van der Waals surface area contributed by atoms with Crippen LogP contribution in [-0.2, 0) is 6.54 Å². The molecule has 0 bridgehead atoms. The second-order valence-corrected chi connectivity index (χ2v) is 4.16. The minimum Gasteiger partial charge on any atom is -0.496 e. The van der Waals surface area contributed by atoms with Crippen molar-refractivity contribution in [1.82, 2.24) is 0 Å². The van der Waals surface area contributed by atoms with Crippen molar-refractivity contribution in [3.8, 4) is 16.9 Å². The molecule has 0 saturated heterocycles. The maximum Gasteiger partial charge on any atom is 0.126 e. The van der Waals surface area contributed by atoms with E-state index in [0.29, 0.717) is 6.54 Å². The topological polar surface area (TPSA) is 35.2 Å². The lowest BCUT2D eigenvalue weighted by Gasteiger charge is -2.08. The van der Waals surface area contributed by atoms with Gasteiger partial charge in [0.15, 0.2) is 0 Å². The van der Waals surface area contributed by atoms with E-state index in [-0.39, 0.29) is 0 Å². The molecule has 0 aliphatic rings. The predicted molar refractivity (Wildman–Crippen MR) is 64.2 cm³/mol. The first-order chi connectivity index (χ1) is 7.36. The number of ether oxygens (including phenoxy) is 1. The van der Waals surface area contributed by atoms with E-state index in [1.54, 1.807) is 18.4 Å². The van der Waals surface area contributed by atoms with Crippen molar-refractivity contribution in [2.24, 2.45) is 5.73 Å². The fourth-order valence-corrected chi connectivity index (χ4v) is 2.38. The van der Waals surface area contributed by atoms with Crippen LogP contribution in [0.3, 0.4) is 0 Å². The molecule has 1 aromatic heterocycles. The zero-order chi connectivity index (χ0) is 10.7. The zero-order valence-corrected chi connectivity index (χ0v) is 9.38. The summed E-state index contributed by atoms with van der Waals surface area (Å²) in [7, 11) is 1.69. The van der Waals surface area contributed by atoms with Gasteiger partial charge in [0, 0.05) is 22.5 Å². The quantitative estimate of drug-likeness (QED) is 0.861. The van der Waals surface area contributed by atoms with Crippen molar-refractivity contribution in [3.63, 3.8) is 0 Å². The van der Waals surface area contributed by atoms with E-state index < -0.39 is 0 Å². The minimum atomic E-state index is 0.574. The van der Waals surface area contributed by atoms with Crippen LogP contribution in [0.1, 0.15) is 4.88 Å². The van der Waals surface area contributed by atoms with Crippen molar-refractivity contribution in [3.05, 3.63) is 40.6 Å². The zero-order valence-electron chi connectivity index (χ0n) is 8.57. The van der Waals surface area contributed by atoms with Crippen LogP contribution in [0, 0.1) is 0 Å². The van der Waals surface area contributed by atoms with Crippen LogP contribution >= 0.6 is 11.3 Å². The SMILES string of the molecule is COc1ccccc1-c1ccsc1CN. The van der Waals surface area contributed by atoms with Gasteiger partial charge in [0.2, 0.25) is 0 Å². The first-order valence-corrected chi connectivity index (χ1v) is 5.64. The van der Waals surface area contributed by atoms with Gasteiger partial charge in [-0.15, -0.1) is 11.3 Å². The molecule has 1 heterocycles. The van der Waals surface area contributed by atoms with Crippen LogP contribution < -0.4 is 10.5 Å². The lowest BCUT2D eigenvalue weighted by Crippen LogP contribution is -1.95. The van der Waals surface area contributed by atoms with Crippen molar-refractivity contribution in [1.29, 1.82) is 0 Å². The van der Waals surface area contributed by atoms with Crippen LogP contribution in [0.2, 0.25) is 0 Å². The lowest BCUT2D eigenvalue weighted by molar-refractivity contribution is 0.416. The Balaban J connectivity index is 2.53. The van der Waals surface area contributed by atoms with Gasteiger partial charge in [0.25, 0.3) is 0 Å². The van der Waals surface area contributed by atoms with Gasteiger partial charge in [0.05, 0.1) is 7.11 Å². The van der Waals surface area contributed by atoms with Crippen molar-refractivity contribution in [2.45, 2.75) is 6.54 Å². The van der Waals surface area contributed by atoms with Gasteiger partial charge in [-0.2, -0.15) is 0 Å². The lowest BCUT2D eigenvalue weighted by atomic mass is 10.1. The predicted octanol–water partition coefficient (Wildman–Crippen LogP) is 2.88. The molecule has 78 valence electrons. The van der Waals surface area contributed by atoms with E-state index in [2.05, 4.69) is 17.5 Å². The monoisotopic (exact) mass is 219 g/mol. The van der Waals surface area contributed by atoms with Crippen molar-refractivity contribution in [2.75, 3.05) is 7.11 Å².